The zero-order chi connectivity index (χ0) is 7.11. The molecule has 0 aromatic carbocycles. The molecule has 0 aliphatic heterocycles. The molecule has 0 aromatic rings. The summed E-state index contributed by atoms with van der Waals surface area (Å²) in [5, 5.41) is 0. The van der Waals surface area contributed by atoms with Crippen molar-refractivity contribution in [1.29, 1.82) is 0 Å². The monoisotopic (exact) mass is 150 g/mol. The number of carbonyl (C=O) groups excluding carboxylic acids is 1. The molecule has 4 heteroatoms. The zero-order valence-electron chi connectivity index (χ0n) is 5.29. The first-order valence-corrected chi connectivity index (χ1v) is 3.37. The highest BCUT2D eigenvalue weighted by Crippen LogP contribution is 1.88. The van der Waals surface area contributed by atoms with Crippen molar-refractivity contribution in [2.24, 2.45) is 0 Å². The molecule has 0 saturated carbocycles. The second-order valence-electron chi connectivity index (χ2n) is 1.34. The molecule has 3 nitrogen and oxygen atoms in total. The second kappa shape index (κ2) is 5.91. The highest BCUT2D eigenvalue weighted by Gasteiger charge is 1.99. The summed E-state index contributed by atoms with van der Waals surface area (Å²) in [6, 6.07) is 0. The summed E-state index contributed by atoms with van der Waals surface area (Å²) in [6.07, 6.45) is 0.295. The first kappa shape index (κ1) is 8.78. The van der Waals surface area contributed by atoms with Gasteiger partial charge in [0.05, 0.1) is 13.0 Å². The van der Waals surface area contributed by atoms with Gasteiger partial charge in [-0.25, -0.2) is 4.79 Å². The van der Waals surface area contributed by atoms with E-state index in [1.165, 1.54) is 0 Å². The smallest absolute Gasteiger partial charge is 0.298 e. The third-order valence-corrected chi connectivity index (χ3v) is 0.809. The predicted molar refractivity (Wildman–Crippen MR) is 36.2 cm³/mol. The van der Waals surface area contributed by atoms with E-state index >= 15 is 0 Å². The first-order valence-electron chi connectivity index (χ1n) is 2.74. The van der Waals surface area contributed by atoms with E-state index in [-0.39, 0.29) is 5.97 Å². The Kier molecular flexibility index (Phi) is 5.76. The summed E-state index contributed by atoms with van der Waals surface area (Å²) in [5.41, 5.74) is 0. The minimum atomic E-state index is -0.369. The zero-order valence-corrected chi connectivity index (χ0v) is 6.19. The first-order chi connectivity index (χ1) is 4.31. The van der Waals surface area contributed by atoms with Gasteiger partial charge in [0.1, 0.15) is 0 Å². The van der Waals surface area contributed by atoms with Gasteiger partial charge in [-0.1, -0.05) is 0 Å². The fourth-order valence-electron chi connectivity index (χ4n) is 0.258. The van der Waals surface area contributed by atoms with Gasteiger partial charge >= 0.3 is 5.97 Å². The Morgan fingerprint density at radius 3 is 2.78 bits per heavy atom. The van der Waals surface area contributed by atoms with Crippen LogP contribution in [0.25, 0.3) is 0 Å². The normalized spacial score (nSPS) is 9.11. The molecule has 0 bridgehead atoms. The molecular weight excluding hydrogens is 140 g/mol. The Morgan fingerprint density at radius 1 is 1.67 bits per heavy atom. The van der Waals surface area contributed by atoms with Gasteiger partial charge in [0, 0.05) is 5.75 Å². The summed E-state index contributed by atoms with van der Waals surface area (Å²) in [4.78, 5) is 19.0. The molecule has 0 unspecified atom stereocenters. The maximum atomic E-state index is 10.4. The van der Waals surface area contributed by atoms with Crippen molar-refractivity contribution in [3.05, 3.63) is 0 Å². The van der Waals surface area contributed by atoms with Crippen molar-refractivity contribution in [2.45, 2.75) is 13.3 Å². The molecule has 54 valence electrons. The Balaban J connectivity index is 3.06. The van der Waals surface area contributed by atoms with Crippen LogP contribution in [-0.2, 0) is 14.6 Å². The number of rotatable bonds is 4. The molecular formula is C5H10O3S. The van der Waals surface area contributed by atoms with Crippen molar-refractivity contribution in [3.63, 3.8) is 0 Å². The van der Waals surface area contributed by atoms with Crippen LogP contribution in [0.5, 0.6) is 0 Å². The molecule has 0 aliphatic carbocycles. The average molecular weight is 150 g/mol. The van der Waals surface area contributed by atoms with Gasteiger partial charge in [-0.2, -0.15) is 17.5 Å². The Hall–Kier alpha value is -0.220. The lowest BCUT2D eigenvalue weighted by Crippen LogP contribution is -2.05. The van der Waals surface area contributed by atoms with Gasteiger partial charge < -0.3 is 0 Å². The molecule has 0 fully saturated rings. The molecule has 0 heterocycles. The standard InChI is InChI=1S/C5H10O3S/c1-2-7-8-5(6)3-4-9/h9H,2-4H2,1H3. The number of hydrogen-bond donors (Lipinski definition) is 1. The lowest BCUT2D eigenvalue weighted by molar-refractivity contribution is -0.269. The van der Waals surface area contributed by atoms with Crippen LogP contribution in [0.4, 0.5) is 0 Å². The van der Waals surface area contributed by atoms with Crippen LogP contribution in [0.1, 0.15) is 13.3 Å². The van der Waals surface area contributed by atoms with E-state index in [1.54, 1.807) is 6.92 Å². The molecule has 0 N–H and O–H groups in total. The van der Waals surface area contributed by atoms with Crippen molar-refractivity contribution < 1.29 is 14.6 Å². The second-order valence-corrected chi connectivity index (χ2v) is 1.78. The van der Waals surface area contributed by atoms with Crippen LogP contribution in [0.2, 0.25) is 0 Å². The maximum Gasteiger partial charge on any atom is 0.343 e. The summed E-state index contributed by atoms with van der Waals surface area (Å²) in [7, 11) is 0. The Bertz CT molecular complexity index is 84.3. The lowest BCUT2D eigenvalue weighted by atomic mass is 10.5. The molecule has 9 heavy (non-hydrogen) atoms. The van der Waals surface area contributed by atoms with E-state index in [0.717, 1.165) is 0 Å². The topological polar surface area (TPSA) is 35.5 Å². The van der Waals surface area contributed by atoms with Gasteiger partial charge in [0.15, 0.2) is 0 Å². The van der Waals surface area contributed by atoms with Crippen molar-refractivity contribution in [3.8, 4) is 0 Å². The maximum absolute atomic E-state index is 10.4. The van der Waals surface area contributed by atoms with Crippen LogP contribution in [0.15, 0.2) is 0 Å². The molecule has 0 amide bonds. The van der Waals surface area contributed by atoms with E-state index in [2.05, 4.69) is 22.4 Å². The van der Waals surface area contributed by atoms with E-state index in [1.807, 2.05) is 0 Å². The predicted octanol–water partition coefficient (Wildman–Crippen LogP) is 0.801. The molecule has 0 atom stereocenters. The van der Waals surface area contributed by atoms with Crippen molar-refractivity contribution >= 4 is 18.6 Å². The quantitative estimate of drug-likeness (QED) is 0.366. The van der Waals surface area contributed by atoms with Crippen LogP contribution in [-0.4, -0.2) is 18.3 Å². The van der Waals surface area contributed by atoms with Crippen molar-refractivity contribution in [2.75, 3.05) is 12.4 Å². The Morgan fingerprint density at radius 2 is 2.33 bits per heavy atom. The minimum absolute atomic E-state index is 0.295. The molecule has 0 rings (SSSR count). The minimum Gasteiger partial charge on any atom is -0.298 e. The fourth-order valence-corrected chi connectivity index (χ4v) is 0.440. The largest absolute Gasteiger partial charge is 0.343 e. The third kappa shape index (κ3) is 5.65. The van der Waals surface area contributed by atoms with Gasteiger partial charge in [-0.3, -0.25) is 4.89 Å². The molecule has 0 saturated heterocycles. The highest BCUT2D eigenvalue weighted by atomic mass is 32.1. The van der Waals surface area contributed by atoms with Crippen LogP contribution >= 0.6 is 12.6 Å². The Labute approximate surface area is 59.7 Å². The van der Waals surface area contributed by atoms with Gasteiger partial charge in [0.25, 0.3) is 0 Å². The van der Waals surface area contributed by atoms with Crippen LogP contribution in [0.3, 0.4) is 0 Å². The molecule has 0 aliphatic rings. The third-order valence-electron chi connectivity index (χ3n) is 0.586. The van der Waals surface area contributed by atoms with Crippen LogP contribution in [0, 0.1) is 0 Å². The SMILES string of the molecule is CCOOC(=O)CCS. The number of thiol groups is 1. The molecule has 0 aromatic heterocycles. The van der Waals surface area contributed by atoms with Crippen molar-refractivity contribution in [1.82, 2.24) is 0 Å². The summed E-state index contributed by atoms with van der Waals surface area (Å²) < 4.78 is 0. The van der Waals surface area contributed by atoms with E-state index in [4.69, 9.17) is 0 Å². The number of hydrogen-bond acceptors (Lipinski definition) is 4. The van der Waals surface area contributed by atoms with Crippen LogP contribution < -0.4 is 0 Å². The average Bonchev–Trinajstić information content (AvgIpc) is 1.85. The fraction of sp³-hybridized carbons (Fsp3) is 0.800. The summed E-state index contributed by atoms with van der Waals surface area (Å²) in [5.74, 6) is 0.123. The highest BCUT2D eigenvalue weighted by molar-refractivity contribution is 7.80. The number of carbonyl (C=O) groups is 1. The summed E-state index contributed by atoms with van der Waals surface area (Å²) >= 11 is 3.83. The van der Waals surface area contributed by atoms with E-state index < -0.39 is 0 Å². The van der Waals surface area contributed by atoms with Gasteiger partial charge in [-0.05, 0) is 6.92 Å². The molecule has 0 radical (unpaired) electrons. The summed E-state index contributed by atoms with van der Waals surface area (Å²) in [6.45, 7) is 2.13. The van der Waals surface area contributed by atoms with E-state index in [0.29, 0.717) is 18.8 Å². The van der Waals surface area contributed by atoms with Gasteiger partial charge in [0.2, 0.25) is 0 Å². The van der Waals surface area contributed by atoms with Gasteiger partial charge in [-0.15, -0.1) is 0 Å². The lowest BCUT2D eigenvalue weighted by Gasteiger charge is -1.97. The molecule has 0 spiro atoms. The van der Waals surface area contributed by atoms with E-state index in [9.17, 15) is 4.79 Å².